The lowest BCUT2D eigenvalue weighted by molar-refractivity contribution is 0.875. The Morgan fingerprint density at radius 1 is 1.24 bits per heavy atom. The minimum Gasteiger partial charge on any atom is -0.246 e. The van der Waals surface area contributed by atoms with Crippen LogP contribution in [0.15, 0.2) is 30.3 Å². The third-order valence-electron chi connectivity index (χ3n) is 2.65. The van der Waals surface area contributed by atoms with Gasteiger partial charge in [-0.1, -0.05) is 43.7 Å². The average Bonchev–Trinajstić information content (AvgIpc) is 2.73. The molecule has 0 aliphatic heterocycles. The zero-order chi connectivity index (χ0) is 12.1. The molecule has 0 saturated carbocycles. The van der Waals surface area contributed by atoms with Crippen LogP contribution < -0.4 is 0 Å². The standard InChI is InChI=1S/C14H17NS2/c1-2-6-12-13(10-16)17-14(15-12)9-11-7-4-3-5-8-11/h3-5,7-8,16H,2,6,9-10H2,1H3. The van der Waals surface area contributed by atoms with Gasteiger partial charge in [-0.05, 0) is 12.0 Å². The van der Waals surface area contributed by atoms with Gasteiger partial charge in [0.2, 0.25) is 0 Å². The number of aryl methyl sites for hydroxylation is 1. The summed E-state index contributed by atoms with van der Waals surface area (Å²) in [6.07, 6.45) is 3.16. The van der Waals surface area contributed by atoms with Crippen LogP contribution in [0, 0.1) is 0 Å². The molecule has 0 spiro atoms. The van der Waals surface area contributed by atoms with Crippen LogP contribution in [0.3, 0.4) is 0 Å². The summed E-state index contributed by atoms with van der Waals surface area (Å²) in [7, 11) is 0. The molecule has 17 heavy (non-hydrogen) atoms. The van der Waals surface area contributed by atoms with Crippen LogP contribution >= 0.6 is 24.0 Å². The van der Waals surface area contributed by atoms with Gasteiger partial charge in [-0.2, -0.15) is 12.6 Å². The topological polar surface area (TPSA) is 12.9 Å². The Bertz CT molecular complexity index is 462. The van der Waals surface area contributed by atoms with E-state index in [4.69, 9.17) is 4.98 Å². The third kappa shape index (κ3) is 3.33. The molecule has 0 fully saturated rings. The van der Waals surface area contributed by atoms with Crippen molar-refractivity contribution in [1.82, 2.24) is 4.98 Å². The summed E-state index contributed by atoms with van der Waals surface area (Å²) < 4.78 is 0. The molecule has 0 N–H and O–H groups in total. The zero-order valence-corrected chi connectivity index (χ0v) is 11.7. The smallest absolute Gasteiger partial charge is 0.0975 e. The predicted octanol–water partition coefficient (Wildman–Crippen LogP) is 4.12. The van der Waals surface area contributed by atoms with Gasteiger partial charge >= 0.3 is 0 Å². The van der Waals surface area contributed by atoms with Crippen LogP contribution in [0.4, 0.5) is 0 Å². The van der Waals surface area contributed by atoms with Crippen molar-refractivity contribution in [3.05, 3.63) is 51.5 Å². The van der Waals surface area contributed by atoms with Crippen LogP contribution in [0.25, 0.3) is 0 Å². The molecule has 1 heterocycles. The molecule has 0 aliphatic rings. The fourth-order valence-corrected chi connectivity index (χ4v) is 3.22. The van der Waals surface area contributed by atoms with Crippen molar-refractivity contribution >= 4 is 24.0 Å². The van der Waals surface area contributed by atoms with Crippen LogP contribution in [0.2, 0.25) is 0 Å². The SMILES string of the molecule is CCCc1nc(Cc2ccccc2)sc1CS. The van der Waals surface area contributed by atoms with E-state index in [1.165, 1.54) is 21.1 Å². The Kier molecular flexibility index (Phi) is 4.63. The first-order valence-electron chi connectivity index (χ1n) is 5.95. The Morgan fingerprint density at radius 2 is 2.00 bits per heavy atom. The Balaban J connectivity index is 2.16. The van der Waals surface area contributed by atoms with Gasteiger partial charge in [0.15, 0.2) is 0 Å². The molecular formula is C14H17NS2. The van der Waals surface area contributed by atoms with Crippen LogP contribution in [0.5, 0.6) is 0 Å². The lowest BCUT2D eigenvalue weighted by Crippen LogP contribution is -1.90. The molecule has 0 bridgehead atoms. The number of nitrogens with zero attached hydrogens (tertiary/aromatic N) is 1. The minimum atomic E-state index is 0.807. The summed E-state index contributed by atoms with van der Waals surface area (Å²) in [6.45, 7) is 2.19. The normalized spacial score (nSPS) is 10.7. The van der Waals surface area contributed by atoms with E-state index < -0.39 is 0 Å². The van der Waals surface area contributed by atoms with Crippen molar-refractivity contribution in [3.8, 4) is 0 Å². The first kappa shape index (κ1) is 12.7. The van der Waals surface area contributed by atoms with E-state index in [9.17, 15) is 0 Å². The summed E-state index contributed by atoms with van der Waals surface area (Å²) in [5, 5.41) is 1.21. The molecule has 0 unspecified atom stereocenters. The molecule has 2 rings (SSSR count). The van der Waals surface area contributed by atoms with Crippen molar-refractivity contribution in [2.45, 2.75) is 31.9 Å². The zero-order valence-electron chi connectivity index (χ0n) is 10.0. The highest BCUT2D eigenvalue weighted by Gasteiger charge is 2.09. The van der Waals surface area contributed by atoms with E-state index in [1.807, 2.05) is 6.07 Å². The lowest BCUT2D eigenvalue weighted by Gasteiger charge is -1.96. The van der Waals surface area contributed by atoms with Gasteiger partial charge in [0.25, 0.3) is 0 Å². The number of thiol groups is 1. The molecule has 0 atom stereocenters. The molecular weight excluding hydrogens is 246 g/mol. The molecule has 0 aliphatic carbocycles. The highest BCUT2D eigenvalue weighted by atomic mass is 32.1. The predicted molar refractivity (Wildman–Crippen MR) is 78.0 cm³/mol. The average molecular weight is 263 g/mol. The number of thiazole rings is 1. The molecule has 1 aromatic heterocycles. The Hall–Kier alpha value is -0.800. The molecule has 0 amide bonds. The quantitative estimate of drug-likeness (QED) is 0.801. The maximum absolute atomic E-state index is 4.74. The molecule has 3 heteroatoms. The second-order valence-corrected chi connectivity index (χ2v) is 5.53. The molecule has 0 saturated heterocycles. The van der Waals surface area contributed by atoms with E-state index in [-0.39, 0.29) is 0 Å². The van der Waals surface area contributed by atoms with Crippen molar-refractivity contribution in [2.75, 3.05) is 0 Å². The number of hydrogen-bond donors (Lipinski definition) is 1. The first-order chi connectivity index (χ1) is 8.33. The number of benzene rings is 1. The monoisotopic (exact) mass is 263 g/mol. The van der Waals surface area contributed by atoms with Crippen molar-refractivity contribution in [1.29, 1.82) is 0 Å². The van der Waals surface area contributed by atoms with Gasteiger partial charge in [-0.3, -0.25) is 0 Å². The highest BCUT2D eigenvalue weighted by Crippen LogP contribution is 2.23. The van der Waals surface area contributed by atoms with E-state index in [1.54, 1.807) is 11.3 Å². The van der Waals surface area contributed by atoms with Gasteiger partial charge in [0.1, 0.15) is 0 Å². The van der Waals surface area contributed by atoms with Crippen LogP contribution in [-0.2, 0) is 18.6 Å². The fourth-order valence-electron chi connectivity index (χ4n) is 1.84. The Labute approximate surface area is 112 Å². The van der Waals surface area contributed by atoms with Crippen molar-refractivity contribution in [3.63, 3.8) is 0 Å². The lowest BCUT2D eigenvalue weighted by atomic mass is 10.2. The second-order valence-electron chi connectivity index (χ2n) is 4.05. The fraction of sp³-hybridized carbons (Fsp3) is 0.357. The largest absolute Gasteiger partial charge is 0.246 e. The van der Waals surface area contributed by atoms with E-state index >= 15 is 0 Å². The summed E-state index contributed by atoms with van der Waals surface area (Å²) >= 11 is 6.19. The van der Waals surface area contributed by atoms with E-state index in [0.29, 0.717) is 0 Å². The van der Waals surface area contributed by atoms with E-state index in [0.717, 1.165) is 25.0 Å². The first-order valence-corrected chi connectivity index (χ1v) is 7.40. The second kappa shape index (κ2) is 6.22. The summed E-state index contributed by atoms with van der Waals surface area (Å²) in [5.41, 5.74) is 2.58. The number of rotatable bonds is 5. The van der Waals surface area contributed by atoms with Crippen molar-refractivity contribution < 1.29 is 0 Å². The molecule has 0 radical (unpaired) electrons. The Morgan fingerprint density at radius 3 is 2.65 bits per heavy atom. The minimum absolute atomic E-state index is 0.807. The van der Waals surface area contributed by atoms with Crippen LogP contribution in [-0.4, -0.2) is 4.98 Å². The highest BCUT2D eigenvalue weighted by molar-refractivity contribution is 7.79. The number of hydrogen-bond acceptors (Lipinski definition) is 3. The van der Waals surface area contributed by atoms with Gasteiger partial charge in [0.05, 0.1) is 10.7 Å². The van der Waals surface area contributed by atoms with Crippen LogP contribution in [0.1, 0.15) is 34.5 Å². The van der Waals surface area contributed by atoms with Gasteiger partial charge < -0.3 is 0 Å². The van der Waals surface area contributed by atoms with Crippen molar-refractivity contribution in [2.24, 2.45) is 0 Å². The molecule has 90 valence electrons. The summed E-state index contributed by atoms with van der Waals surface area (Å²) in [4.78, 5) is 6.07. The third-order valence-corrected chi connectivity index (χ3v) is 4.28. The molecule has 2 aromatic rings. The number of aromatic nitrogens is 1. The van der Waals surface area contributed by atoms with Gasteiger partial charge in [0, 0.05) is 17.1 Å². The summed E-state index contributed by atoms with van der Waals surface area (Å²) in [6, 6.07) is 10.5. The van der Waals surface area contributed by atoms with E-state index in [2.05, 4.69) is 43.8 Å². The summed E-state index contributed by atoms with van der Waals surface area (Å²) in [5.74, 6) is 0.807. The maximum Gasteiger partial charge on any atom is 0.0975 e. The molecule has 1 aromatic carbocycles. The van der Waals surface area contributed by atoms with Gasteiger partial charge in [-0.15, -0.1) is 11.3 Å². The maximum atomic E-state index is 4.74. The molecule has 1 nitrogen and oxygen atoms in total. The van der Waals surface area contributed by atoms with Gasteiger partial charge in [-0.25, -0.2) is 4.98 Å².